The Kier molecular flexibility index (Phi) is 9.21. The van der Waals surface area contributed by atoms with Crippen molar-refractivity contribution in [3.8, 4) is 0 Å². The van der Waals surface area contributed by atoms with Crippen molar-refractivity contribution in [1.82, 2.24) is 10.6 Å². The van der Waals surface area contributed by atoms with Crippen LogP contribution in [-0.2, 0) is 11.2 Å². The van der Waals surface area contributed by atoms with Crippen molar-refractivity contribution in [3.05, 3.63) is 35.4 Å². The van der Waals surface area contributed by atoms with E-state index in [1.54, 1.807) is 12.1 Å². The molecule has 0 saturated heterocycles. The molecule has 5 nitrogen and oxygen atoms in total. The zero-order valence-electron chi connectivity index (χ0n) is 15.8. The normalized spacial score (nSPS) is 13.4. The van der Waals surface area contributed by atoms with Gasteiger partial charge in [0.25, 0.3) is 5.91 Å². The second-order valence-corrected chi connectivity index (χ2v) is 6.97. The van der Waals surface area contributed by atoms with E-state index in [4.69, 9.17) is 0 Å². The molecule has 0 radical (unpaired) electrons. The average molecular weight is 348 g/mol. The molecule has 0 aliphatic rings. The highest BCUT2D eigenvalue weighted by atomic mass is 16.3. The summed E-state index contributed by atoms with van der Waals surface area (Å²) in [5.74, 6) is -0.235. The van der Waals surface area contributed by atoms with Crippen LogP contribution in [0, 0.1) is 5.92 Å². The third kappa shape index (κ3) is 7.69. The van der Waals surface area contributed by atoms with Gasteiger partial charge in [0, 0.05) is 12.1 Å². The largest absolute Gasteiger partial charge is 0.391 e. The lowest BCUT2D eigenvalue weighted by atomic mass is 10.1. The lowest BCUT2D eigenvalue weighted by Gasteiger charge is -2.21. The van der Waals surface area contributed by atoms with Crippen LogP contribution < -0.4 is 10.6 Å². The standard InChI is InChI=1S/C20H32N2O3/c1-5-6-7-16-8-10-17(11-9-16)19(24)22-18(15(4)23)20(25)21-13-12-14(2)3/h8-11,14-15,18,23H,5-7,12-13H2,1-4H3,(H,21,25)(H,22,24)/t15-,18+/m1/s1. The summed E-state index contributed by atoms with van der Waals surface area (Å²) in [6, 6.07) is 6.43. The maximum absolute atomic E-state index is 12.4. The van der Waals surface area contributed by atoms with Crippen LogP contribution >= 0.6 is 0 Å². The number of aryl methyl sites for hydroxylation is 1. The van der Waals surface area contributed by atoms with Crippen LogP contribution in [0.4, 0.5) is 0 Å². The van der Waals surface area contributed by atoms with Gasteiger partial charge in [-0.25, -0.2) is 0 Å². The van der Waals surface area contributed by atoms with E-state index in [9.17, 15) is 14.7 Å². The maximum Gasteiger partial charge on any atom is 0.252 e. The highest BCUT2D eigenvalue weighted by Crippen LogP contribution is 2.09. The molecule has 0 fully saturated rings. The van der Waals surface area contributed by atoms with Crippen molar-refractivity contribution in [1.29, 1.82) is 0 Å². The highest BCUT2D eigenvalue weighted by molar-refractivity contribution is 5.97. The summed E-state index contributed by atoms with van der Waals surface area (Å²) < 4.78 is 0. The van der Waals surface area contributed by atoms with Crippen molar-refractivity contribution in [2.24, 2.45) is 5.92 Å². The second-order valence-electron chi connectivity index (χ2n) is 6.97. The first-order valence-electron chi connectivity index (χ1n) is 9.20. The number of benzene rings is 1. The Bertz CT molecular complexity index is 538. The number of carbonyl (C=O) groups excluding carboxylic acids is 2. The molecular weight excluding hydrogens is 316 g/mol. The molecule has 1 aromatic rings. The van der Waals surface area contributed by atoms with Gasteiger partial charge in [-0.05, 0) is 49.8 Å². The number of hydrogen-bond donors (Lipinski definition) is 3. The van der Waals surface area contributed by atoms with Gasteiger partial charge in [-0.1, -0.05) is 39.3 Å². The number of unbranched alkanes of at least 4 members (excludes halogenated alkanes) is 1. The second kappa shape index (κ2) is 10.9. The highest BCUT2D eigenvalue weighted by Gasteiger charge is 2.25. The van der Waals surface area contributed by atoms with Crippen LogP contribution in [0.25, 0.3) is 0 Å². The van der Waals surface area contributed by atoms with E-state index in [0.29, 0.717) is 18.0 Å². The Morgan fingerprint density at radius 3 is 2.28 bits per heavy atom. The minimum Gasteiger partial charge on any atom is -0.391 e. The topological polar surface area (TPSA) is 78.4 Å². The van der Waals surface area contributed by atoms with Gasteiger partial charge in [0.15, 0.2) is 0 Å². The van der Waals surface area contributed by atoms with Gasteiger partial charge in [-0.3, -0.25) is 9.59 Å². The molecule has 1 rings (SSSR count). The summed E-state index contributed by atoms with van der Waals surface area (Å²) in [5, 5.41) is 15.3. The lowest BCUT2D eigenvalue weighted by Crippen LogP contribution is -2.52. The first kappa shape index (κ1) is 21.2. The fourth-order valence-corrected chi connectivity index (χ4v) is 2.43. The quantitative estimate of drug-likeness (QED) is 0.608. The summed E-state index contributed by atoms with van der Waals surface area (Å²) in [6.45, 7) is 8.32. The molecule has 140 valence electrons. The van der Waals surface area contributed by atoms with E-state index in [-0.39, 0.29) is 11.8 Å². The van der Waals surface area contributed by atoms with Gasteiger partial charge in [0.1, 0.15) is 6.04 Å². The molecule has 0 saturated carbocycles. The minimum atomic E-state index is -0.966. The SMILES string of the molecule is CCCCc1ccc(C(=O)N[C@H](C(=O)NCCC(C)C)[C@@H](C)O)cc1. The number of rotatable bonds is 10. The van der Waals surface area contributed by atoms with E-state index in [2.05, 4.69) is 31.4 Å². The average Bonchev–Trinajstić information content (AvgIpc) is 2.57. The summed E-state index contributed by atoms with van der Waals surface area (Å²) in [6.07, 6.45) is 3.13. The smallest absolute Gasteiger partial charge is 0.252 e. The number of hydrogen-bond acceptors (Lipinski definition) is 3. The number of carbonyl (C=O) groups is 2. The third-order valence-electron chi connectivity index (χ3n) is 4.11. The molecule has 2 atom stereocenters. The van der Waals surface area contributed by atoms with Crippen LogP contribution in [0.1, 0.15) is 62.9 Å². The Hall–Kier alpha value is -1.88. The molecule has 0 bridgehead atoms. The van der Waals surface area contributed by atoms with Gasteiger partial charge >= 0.3 is 0 Å². The number of nitrogens with one attached hydrogen (secondary N) is 2. The molecule has 0 unspecified atom stereocenters. The molecule has 25 heavy (non-hydrogen) atoms. The number of aliphatic hydroxyl groups excluding tert-OH is 1. The minimum absolute atomic E-state index is 0.355. The van der Waals surface area contributed by atoms with Gasteiger partial charge in [-0.2, -0.15) is 0 Å². The van der Waals surface area contributed by atoms with E-state index in [0.717, 1.165) is 25.7 Å². The molecule has 2 amide bonds. The van der Waals surface area contributed by atoms with E-state index in [1.165, 1.54) is 12.5 Å². The van der Waals surface area contributed by atoms with Crippen LogP contribution in [0.15, 0.2) is 24.3 Å². The molecule has 0 heterocycles. The zero-order chi connectivity index (χ0) is 18.8. The first-order valence-corrected chi connectivity index (χ1v) is 9.20. The molecule has 5 heteroatoms. The van der Waals surface area contributed by atoms with E-state index < -0.39 is 12.1 Å². The molecule has 1 aromatic carbocycles. The van der Waals surface area contributed by atoms with E-state index in [1.807, 2.05) is 12.1 Å². The Balaban J connectivity index is 2.64. The molecule has 0 aromatic heterocycles. The zero-order valence-corrected chi connectivity index (χ0v) is 15.8. The van der Waals surface area contributed by atoms with Gasteiger partial charge < -0.3 is 15.7 Å². The number of amides is 2. The Morgan fingerprint density at radius 1 is 1.12 bits per heavy atom. The van der Waals surface area contributed by atoms with Crippen molar-refractivity contribution >= 4 is 11.8 Å². The fourth-order valence-electron chi connectivity index (χ4n) is 2.43. The van der Waals surface area contributed by atoms with Crippen LogP contribution in [0.2, 0.25) is 0 Å². The first-order chi connectivity index (χ1) is 11.8. The number of aliphatic hydroxyl groups is 1. The van der Waals surface area contributed by atoms with Crippen molar-refractivity contribution in [2.75, 3.05) is 6.54 Å². The predicted octanol–water partition coefficient (Wildman–Crippen LogP) is 2.67. The molecule has 3 N–H and O–H groups in total. The van der Waals surface area contributed by atoms with E-state index >= 15 is 0 Å². The van der Waals surface area contributed by atoms with Crippen LogP contribution in [0.5, 0.6) is 0 Å². The molecule has 0 aliphatic heterocycles. The molecule has 0 spiro atoms. The molecular formula is C20H32N2O3. The summed E-state index contributed by atoms with van der Waals surface area (Å²) >= 11 is 0. The van der Waals surface area contributed by atoms with Crippen LogP contribution in [-0.4, -0.2) is 35.6 Å². The van der Waals surface area contributed by atoms with Crippen molar-refractivity contribution < 1.29 is 14.7 Å². The summed E-state index contributed by atoms with van der Waals surface area (Å²) in [7, 11) is 0. The van der Waals surface area contributed by atoms with Crippen LogP contribution in [0.3, 0.4) is 0 Å². The van der Waals surface area contributed by atoms with Gasteiger partial charge in [0.05, 0.1) is 6.10 Å². The Morgan fingerprint density at radius 2 is 1.76 bits per heavy atom. The lowest BCUT2D eigenvalue weighted by molar-refractivity contribution is -0.125. The summed E-state index contributed by atoms with van der Waals surface area (Å²) in [4.78, 5) is 24.6. The van der Waals surface area contributed by atoms with Crippen molar-refractivity contribution in [3.63, 3.8) is 0 Å². The van der Waals surface area contributed by atoms with Gasteiger partial charge in [-0.15, -0.1) is 0 Å². The third-order valence-corrected chi connectivity index (χ3v) is 4.11. The maximum atomic E-state index is 12.4. The fraction of sp³-hybridized carbons (Fsp3) is 0.600. The Labute approximate surface area is 151 Å². The summed E-state index contributed by atoms with van der Waals surface area (Å²) in [5.41, 5.74) is 1.68. The predicted molar refractivity (Wildman–Crippen MR) is 100 cm³/mol. The van der Waals surface area contributed by atoms with Crippen molar-refractivity contribution in [2.45, 2.75) is 65.5 Å². The van der Waals surface area contributed by atoms with Gasteiger partial charge in [0.2, 0.25) is 5.91 Å². The monoisotopic (exact) mass is 348 g/mol. The molecule has 0 aliphatic carbocycles.